The first-order chi connectivity index (χ1) is 11.6. The lowest BCUT2D eigenvalue weighted by atomic mass is 10.1. The topological polar surface area (TPSA) is 62.0 Å². The van der Waals surface area contributed by atoms with Crippen molar-refractivity contribution in [1.29, 1.82) is 0 Å². The predicted molar refractivity (Wildman–Crippen MR) is 89.5 cm³/mol. The maximum absolute atomic E-state index is 13.5. The Bertz CT molecular complexity index is 1010. The van der Waals surface area contributed by atoms with Crippen LogP contribution in [0.1, 0.15) is 33.9 Å². The van der Waals surface area contributed by atoms with Crippen LogP contribution in [0.15, 0.2) is 53.5 Å². The Morgan fingerprint density at radius 2 is 2.04 bits per heavy atom. The molecule has 0 radical (unpaired) electrons. The number of aromatic nitrogens is 1. The number of H-pyrrole nitrogens is 1. The van der Waals surface area contributed by atoms with E-state index in [1.54, 1.807) is 24.3 Å². The van der Waals surface area contributed by atoms with Crippen LogP contribution in [0.4, 0.5) is 4.39 Å². The minimum absolute atomic E-state index is 0.0681. The van der Waals surface area contributed by atoms with Crippen molar-refractivity contribution in [1.82, 2.24) is 10.3 Å². The zero-order valence-electron chi connectivity index (χ0n) is 12.8. The van der Waals surface area contributed by atoms with Crippen LogP contribution in [0.3, 0.4) is 0 Å². The zero-order chi connectivity index (χ0) is 16.7. The van der Waals surface area contributed by atoms with E-state index in [2.05, 4.69) is 10.3 Å². The summed E-state index contributed by atoms with van der Waals surface area (Å²) >= 11 is 0. The zero-order valence-corrected chi connectivity index (χ0v) is 12.8. The number of hydrogen-bond acceptors (Lipinski definition) is 2. The van der Waals surface area contributed by atoms with E-state index in [4.69, 9.17) is 0 Å². The number of carbonyl (C=O) groups excluding carboxylic acids is 1. The Balaban J connectivity index is 1.66. The van der Waals surface area contributed by atoms with Crippen LogP contribution in [0.5, 0.6) is 0 Å². The van der Waals surface area contributed by atoms with Crippen LogP contribution >= 0.6 is 0 Å². The molecule has 3 aromatic rings. The van der Waals surface area contributed by atoms with E-state index in [-0.39, 0.29) is 22.9 Å². The van der Waals surface area contributed by atoms with Crippen molar-refractivity contribution in [3.63, 3.8) is 0 Å². The lowest BCUT2D eigenvalue weighted by Gasteiger charge is -2.14. The van der Waals surface area contributed by atoms with E-state index < -0.39 is 5.91 Å². The van der Waals surface area contributed by atoms with Crippen LogP contribution in [0.2, 0.25) is 0 Å². The maximum Gasteiger partial charge on any atom is 0.257 e. The number of fused-ring (bicyclic) bond motifs is 2. The number of aromatic amines is 1. The molecule has 5 heteroatoms. The molecule has 1 aliphatic rings. The fraction of sp³-hybridized carbons (Fsp3) is 0.158. The molecule has 1 aliphatic carbocycles. The first kappa shape index (κ1) is 14.6. The number of benzene rings is 2. The number of para-hydroxylation sites is 1. The number of rotatable bonds is 2. The summed E-state index contributed by atoms with van der Waals surface area (Å²) in [4.78, 5) is 28.0. The van der Waals surface area contributed by atoms with Gasteiger partial charge in [-0.15, -0.1) is 0 Å². The number of halogens is 1. The Labute approximate surface area is 137 Å². The second-order valence-electron chi connectivity index (χ2n) is 5.98. The lowest BCUT2D eigenvalue weighted by molar-refractivity contribution is 0.0935. The summed E-state index contributed by atoms with van der Waals surface area (Å²) in [6.45, 7) is 0. The van der Waals surface area contributed by atoms with Crippen LogP contribution in [-0.2, 0) is 6.42 Å². The predicted octanol–water partition coefficient (Wildman–Crippen LogP) is 3.08. The third-order valence-corrected chi connectivity index (χ3v) is 4.52. The summed E-state index contributed by atoms with van der Waals surface area (Å²) in [7, 11) is 0. The van der Waals surface area contributed by atoms with Gasteiger partial charge < -0.3 is 10.3 Å². The van der Waals surface area contributed by atoms with Crippen molar-refractivity contribution in [3.8, 4) is 0 Å². The van der Waals surface area contributed by atoms with Gasteiger partial charge in [-0.3, -0.25) is 9.59 Å². The molecule has 120 valence electrons. The van der Waals surface area contributed by atoms with Gasteiger partial charge in [0, 0.05) is 17.1 Å². The molecular weight excluding hydrogens is 307 g/mol. The van der Waals surface area contributed by atoms with Gasteiger partial charge in [0.1, 0.15) is 11.4 Å². The van der Waals surface area contributed by atoms with Crippen molar-refractivity contribution in [2.24, 2.45) is 0 Å². The minimum atomic E-state index is -0.441. The van der Waals surface area contributed by atoms with Crippen molar-refractivity contribution >= 4 is 16.8 Å². The summed E-state index contributed by atoms with van der Waals surface area (Å²) in [6, 6.07) is 11.4. The van der Waals surface area contributed by atoms with Crippen molar-refractivity contribution in [3.05, 3.63) is 81.4 Å². The molecule has 1 amide bonds. The summed E-state index contributed by atoms with van der Waals surface area (Å²) in [5, 5.41) is 3.33. The van der Waals surface area contributed by atoms with E-state index in [9.17, 15) is 14.0 Å². The molecule has 0 saturated heterocycles. The highest BCUT2D eigenvalue weighted by Crippen LogP contribution is 2.31. The van der Waals surface area contributed by atoms with Gasteiger partial charge in [0.25, 0.3) is 5.91 Å². The molecule has 0 saturated carbocycles. The largest absolute Gasteiger partial charge is 0.360 e. The lowest BCUT2D eigenvalue weighted by Crippen LogP contribution is -2.31. The number of hydrogen-bond donors (Lipinski definition) is 2. The number of pyridine rings is 1. The molecule has 2 aromatic carbocycles. The highest BCUT2D eigenvalue weighted by molar-refractivity contribution is 5.97. The third-order valence-electron chi connectivity index (χ3n) is 4.52. The van der Waals surface area contributed by atoms with Gasteiger partial charge in [0.05, 0.1) is 6.04 Å². The highest BCUT2D eigenvalue weighted by atomic mass is 19.1. The van der Waals surface area contributed by atoms with E-state index in [1.165, 1.54) is 18.3 Å². The second-order valence-corrected chi connectivity index (χ2v) is 5.98. The number of aryl methyl sites for hydroxylation is 1. The molecule has 1 heterocycles. The molecule has 0 unspecified atom stereocenters. The molecule has 1 aromatic heterocycles. The van der Waals surface area contributed by atoms with Crippen molar-refractivity contribution < 1.29 is 9.18 Å². The number of nitrogens with one attached hydrogen (secondary N) is 2. The molecular formula is C19H15FN2O2. The van der Waals surface area contributed by atoms with Crippen LogP contribution in [-0.4, -0.2) is 10.9 Å². The molecule has 0 fully saturated rings. The highest BCUT2D eigenvalue weighted by Gasteiger charge is 2.25. The number of carbonyl (C=O) groups is 1. The minimum Gasteiger partial charge on any atom is -0.360 e. The van der Waals surface area contributed by atoms with Gasteiger partial charge in [0.15, 0.2) is 0 Å². The smallest absolute Gasteiger partial charge is 0.257 e. The normalized spacial score (nSPS) is 16.1. The Morgan fingerprint density at radius 1 is 1.21 bits per heavy atom. The summed E-state index contributed by atoms with van der Waals surface area (Å²) in [6.07, 6.45) is 2.92. The SMILES string of the molecule is O=C(N[C@H]1CCc2ccc(F)cc21)c1c[nH]c2ccccc2c1=O. The van der Waals surface area contributed by atoms with Crippen LogP contribution in [0.25, 0.3) is 10.9 Å². The molecule has 2 N–H and O–H groups in total. The van der Waals surface area contributed by atoms with E-state index in [0.717, 1.165) is 17.5 Å². The first-order valence-corrected chi connectivity index (χ1v) is 7.83. The van der Waals surface area contributed by atoms with Crippen LogP contribution < -0.4 is 10.7 Å². The first-order valence-electron chi connectivity index (χ1n) is 7.83. The fourth-order valence-electron chi connectivity index (χ4n) is 3.30. The van der Waals surface area contributed by atoms with Crippen molar-refractivity contribution in [2.45, 2.75) is 18.9 Å². The Hall–Kier alpha value is -2.95. The molecule has 0 aliphatic heterocycles. The van der Waals surface area contributed by atoms with Gasteiger partial charge in [-0.25, -0.2) is 4.39 Å². The molecule has 4 rings (SSSR count). The summed E-state index contributed by atoms with van der Waals surface area (Å²) in [5.74, 6) is -0.762. The molecule has 1 atom stereocenters. The van der Waals surface area contributed by atoms with Gasteiger partial charge >= 0.3 is 0 Å². The molecule has 0 spiro atoms. The average molecular weight is 322 g/mol. The molecule has 24 heavy (non-hydrogen) atoms. The van der Waals surface area contributed by atoms with Crippen LogP contribution in [0, 0.1) is 5.82 Å². The summed E-state index contributed by atoms with van der Waals surface area (Å²) < 4.78 is 13.5. The van der Waals surface area contributed by atoms with Gasteiger partial charge in [-0.2, -0.15) is 0 Å². The Morgan fingerprint density at radius 3 is 2.92 bits per heavy atom. The maximum atomic E-state index is 13.5. The summed E-state index contributed by atoms with van der Waals surface area (Å²) in [5.41, 5.74) is 2.28. The van der Waals surface area contributed by atoms with E-state index >= 15 is 0 Å². The Kier molecular flexibility index (Phi) is 3.41. The van der Waals surface area contributed by atoms with E-state index in [0.29, 0.717) is 17.3 Å². The average Bonchev–Trinajstić information content (AvgIpc) is 2.97. The quantitative estimate of drug-likeness (QED) is 0.761. The molecule has 4 nitrogen and oxygen atoms in total. The molecule has 0 bridgehead atoms. The van der Waals surface area contributed by atoms with Crippen molar-refractivity contribution in [2.75, 3.05) is 0 Å². The van der Waals surface area contributed by atoms with Gasteiger partial charge in [0.2, 0.25) is 5.43 Å². The van der Waals surface area contributed by atoms with E-state index in [1.807, 2.05) is 6.07 Å². The van der Waals surface area contributed by atoms with Gasteiger partial charge in [-0.1, -0.05) is 18.2 Å². The second kappa shape index (κ2) is 5.60. The third kappa shape index (κ3) is 2.38. The number of amides is 1. The monoisotopic (exact) mass is 322 g/mol. The standard InChI is InChI=1S/C19H15FN2O2/c20-12-7-5-11-6-8-17(14(11)9-12)22-19(24)15-10-21-16-4-2-1-3-13(16)18(15)23/h1-5,7,9-10,17H,6,8H2,(H,21,23)(H,22,24)/t17-/m0/s1. The van der Waals surface area contributed by atoms with Gasteiger partial charge in [-0.05, 0) is 48.2 Å². The fourth-order valence-corrected chi connectivity index (χ4v) is 3.30.